The first kappa shape index (κ1) is 12.1. The van der Waals surface area contributed by atoms with E-state index in [0.29, 0.717) is 0 Å². The maximum Gasteiger partial charge on any atom is 0.332 e. The number of carbonyl (C=O) groups excluding carboxylic acids is 1. The number of aromatic nitrogens is 1. The first-order valence-electron chi connectivity index (χ1n) is 4.52. The predicted molar refractivity (Wildman–Crippen MR) is 52.5 cm³/mol. The van der Waals surface area contributed by atoms with Crippen LogP contribution in [-0.2, 0) is 25.7 Å². The van der Waals surface area contributed by atoms with Gasteiger partial charge in [-0.1, -0.05) is 6.07 Å². The number of hydrogen-bond donors (Lipinski definition) is 1. The fourth-order valence-electron chi connectivity index (χ4n) is 0.911. The number of carboxylic acid groups (broad SMARTS) is 1. The molecule has 0 bridgehead atoms. The quantitative estimate of drug-likeness (QED) is 0.697. The van der Waals surface area contributed by atoms with Gasteiger partial charge in [-0.3, -0.25) is 4.98 Å². The summed E-state index contributed by atoms with van der Waals surface area (Å²) in [4.78, 5) is 25.0. The van der Waals surface area contributed by atoms with Crippen LogP contribution in [0.5, 0.6) is 0 Å². The Kier molecular flexibility index (Phi) is 4.94. The molecule has 86 valence electrons. The lowest BCUT2D eigenvalue weighted by atomic mass is 10.3. The van der Waals surface area contributed by atoms with E-state index in [-0.39, 0.29) is 13.2 Å². The molecular weight excluding hydrogens is 214 g/mol. The van der Waals surface area contributed by atoms with Crippen LogP contribution in [0.3, 0.4) is 0 Å². The minimum atomic E-state index is -1.12. The van der Waals surface area contributed by atoms with E-state index in [0.717, 1.165) is 5.56 Å². The third-order valence-electron chi connectivity index (χ3n) is 1.57. The summed E-state index contributed by atoms with van der Waals surface area (Å²) in [6.07, 6.45) is 3.19. The van der Waals surface area contributed by atoms with Gasteiger partial charge in [0.05, 0.1) is 0 Å². The zero-order chi connectivity index (χ0) is 11.8. The largest absolute Gasteiger partial charge is 0.480 e. The first-order chi connectivity index (χ1) is 7.68. The van der Waals surface area contributed by atoms with Gasteiger partial charge in [0.1, 0.15) is 19.8 Å². The monoisotopic (exact) mass is 225 g/mol. The molecule has 0 radical (unpaired) electrons. The minimum Gasteiger partial charge on any atom is -0.480 e. The molecule has 0 aliphatic rings. The second kappa shape index (κ2) is 6.52. The smallest absolute Gasteiger partial charge is 0.332 e. The molecule has 0 saturated heterocycles. The van der Waals surface area contributed by atoms with Crippen molar-refractivity contribution < 1.29 is 24.2 Å². The Morgan fingerprint density at radius 1 is 1.38 bits per heavy atom. The van der Waals surface area contributed by atoms with Gasteiger partial charge in [-0.2, -0.15) is 0 Å². The average Bonchev–Trinajstić information content (AvgIpc) is 2.27. The Balaban J connectivity index is 2.18. The van der Waals surface area contributed by atoms with Gasteiger partial charge < -0.3 is 14.6 Å². The zero-order valence-electron chi connectivity index (χ0n) is 8.46. The molecule has 0 unspecified atom stereocenters. The van der Waals surface area contributed by atoms with Crippen molar-refractivity contribution in [1.29, 1.82) is 0 Å². The standard InChI is InChI=1S/C10H11NO5/c12-9(13)6-15-7-10(14)16-5-8-2-1-3-11-4-8/h1-4H,5-7H2,(H,12,13). The average molecular weight is 225 g/mol. The van der Waals surface area contributed by atoms with E-state index >= 15 is 0 Å². The minimum absolute atomic E-state index is 0.100. The highest BCUT2D eigenvalue weighted by molar-refractivity contribution is 5.72. The molecule has 6 nitrogen and oxygen atoms in total. The van der Waals surface area contributed by atoms with Gasteiger partial charge in [0.2, 0.25) is 0 Å². The molecule has 0 aliphatic carbocycles. The van der Waals surface area contributed by atoms with Gasteiger partial charge in [0.15, 0.2) is 0 Å². The normalized spacial score (nSPS) is 9.75. The summed E-state index contributed by atoms with van der Waals surface area (Å²) >= 11 is 0. The second-order valence-corrected chi connectivity index (χ2v) is 2.91. The highest BCUT2D eigenvalue weighted by Crippen LogP contribution is 1.98. The molecule has 1 aromatic rings. The molecule has 1 heterocycles. The molecule has 16 heavy (non-hydrogen) atoms. The van der Waals surface area contributed by atoms with Crippen LogP contribution in [0.25, 0.3) is 0 Å². The maximum absolute atomic E-state index is 11.0. The van der Waals surface area contributed by atoms with Crippen molar-refractivity contribution in [3.05, 3.63) is 30.1 Å². The third-order valence-corrected chi connectivity index (χ3v) is 1.57. The van der Waals surface area contributed by atoms with Crippen molar-refractivity contribution in [2.75, 3.05) is 13.2 Å². The number of hydrogen-bond acceptors (Lipinski definition) is 5. The van der Waals surface area contributed by atoms with E-state index in [2.05, 4.69) is 9.72 Å². The summed E-state index contributed by atoms with van der Waals surface area (Å²) in [5.41, 5.74) is 0.758. The molecular formula is C10H11NO5. The van der Waals surface area contributed by atoms with E-state index in [1.165, 1.54) is 0 Å². The van der Waals surface area contributed by atoms with Gasteiger partial charge in [0, 0.05) is 18.0 Å². The lowest BCUT2D eigenvalue weighted by Crippen LogP contribution is -2.16. The van der Waals surface area contributed by atoms with Gasteiger partial charge in [0.25, 0.3) is 0 Å². The van der Waals surface area contributed by atoms with Crippen molar-refractivity contribution in [2.24, 2.45) is 0 Å². The highest BCUT2D eigenvalue weighted by atomic mass is 16.6. The van der Waals surface area contributed by atoms with Crippen molar-refractivity contribution in [1.82, 2.24) is 4.98 Å². The zero-order valence-corrected chi connectivity index (χ0v) is 8.46. The lowest BCUT2D eigenvalue weighted by Gasteiger charge is -2.04. The Labute approximate surface area is 91.8 Å². The first-order valence-corrected chi connectivity index (χ1v) is 4.52. The van der Waals surface area contributed by atoms with Crippen LogP contribution in [0.2, 0.25) is 0 Å². The van der Waals surface area contributed by atoms with Crippen LogP contribution < -0.4 is 0 Å². The molecule has 6 heteroatoms. The van der Waals surface area contributed by atoms with E-state index in [1.807, 2.05) is 0 Å². The molecule has 0 fully saturated rings. The molecule has 0 aromatic carbocycles. The Hall–Kier alpha value is -1.95. The summed E-state index contributed by atoms with van der Waals surface area (Å²) in [7, 11) is 0. The molecule has 1 aromatic heterocycles. The predicted octanol–water partition coefficient (Wildman–Crippen LogP) is 0.226. The van der Waals surface area contributed by atoms with Gasteiger partial charge in [-0.05, 0) is 6.07 Å². The van der Waals surface area contributed by atoms with Gasteiger partial charge in [-0.15, -0.1) is 0 Å². The van der Waals surface area contributed by atoms with Crippen LogP contribution in [0.1, 0.15) is 5.56 Å². The number of carbonyl (C=O) groups is 2. The number of rotatable bonds is 6. The van der Waals surface area contributed by atoms with Crippen LogP contribution >= 0.6 is 0 Å². The van der Waals surface area contributed by atoms with Crippen molar-refractivity contribution >= 4 is 11.9 Å². The van der Waals surface area contributed by atoms with Crippen LogP contribution in [0.15, 0.2) is 24.5 Å². The summed E-state index contributed by atoms with van der Waals surface area (Å²) in [6.45, 7) is -0.780. The fourth-order valence-corrected chi connectivity index (χ4v) is 0.911. The number of aliphatic carboxylic acids is 1. The third kappa shape index (κ3) is 5.06. The molecule has 0 spiro atoms. The van der Waals surface area contributed by atoms with Gasteiger partial charge in [-0.25, -0.2) is 9.59 Å². The van der Waals surface area contributed by atoms with E-state index in [1.54, 1.807) is 24.5 Å². The van der Waals surface area contributed by atoms with Gasteiger partial charge >= 0.3 is 11.9 Å². The molecule has 1 N–H and O–H groups in total. The Morgan fingerprint density at radius 3 is 2.81 bits per heavy atom. The van der Waals surface area contributed by atoms with Crippen LogP contribution in [-0.4, -0.2) is 35.2 Å². The summed E-state index contributed by atoms with van der Waals surface area (Å²) in [5.74, 6) is -1.73. The Morgan fingerprint density at radius 2 is 2.19 bits per heavy atom. The lowest BCUT2D eigenvalue weighted by molar-refractivity contribution is -0.153. The number of carboxylic acids is 1. The molecule has 1 rings (SSSR count). The van der Waals surface area contributed by atoms with Crippen molar-refractivity contribution in [3.8, 4) is 0 Å². The number of esters is 1. The number of pyridine rings is 1. The van der Waals surface area contributed by atoms with E-state index in [4.69, 9.17) is 9.84 Å². The number of nitrogens with zero attached hydrogens (tertiary/aromatic N) is 1. The topological polar surface area (TPSA) is 85.7 Å². The van der Waals surface area contributed by atoms with E-state index in [9.17, 15) is 9.59 Å². The molecule has 0 saturated carbocycles. The van der Waals surface area contributed by atoms with Crippen LogP contribution in [0.4, 0.5) is 0 Å². The van der Waals surface area contributed by atoms with E-state index < -0.39 is 18.5 Å². The second-order valence-electron chi connectivity index (χ2n) is 2.91. The van der Waals surface area contributed by atoms with Crippen molar-refractivity contribution in [2.45, 2.75) is 6.61 Å². The molecule has 0 amide bonds. The van der Waals surface area contributed by atoms with Crippen LogP contribution in [0, 0.1) is 0 Å². The fraction of sp³-hybridized carbons (Fsp3) is 0.300. The SMILES string of the molecule is O=C(O)COCC(=O)OCc1cccnc1. The number of ether oxygens (including phenoxy) is 2. The molecule has 0 aliphatic heterocycles. The maximum atomic E-state index is 11.0. The highest BCUT2D eigenvalue weighted by Gasteiger charge is 2.05. The molecule has 0 atom stereocenters. The summed E-state index contributed by atoms with van der Waals surface area (Å²) < 4.78 is 9.37. The summed E-state index contributed by atoms with van der Waals surface area (Å²) in [5, 5.41) is 8.25. The summed E-state index contributed by atoms with van der Waals surface area (Å²) in [6, 6.07) is 3.49. The van der Waals surface area contributed by atoms with Crippen molar-refractivity contribution in [3.63, 3.8) is 0 Å². The Bertz CT molecular complexity index is 351.